The van der Waals surface area contributed by atoms with Crippen molar-refractivity contribution in [3.63, 3.8) is 0 Å². The largest absolute Gasteiger partial charge is 0.496 e. The number of hydrogen-bond donors (Lipinski definition) is 1. The van der Waals surface area contributed by atoms with Crippen LogP contribution in [0.15, 0.2) is 54.6 Å². The van der Waals surface area contributed by atoms with Crippen LogP contribution in [0.5, 0.6) is 17.2 Å². The average Bonchev–Trinajstić information content (AvgIpc) is 3.50. The van der Waals surface area contributed by atoms with E-state index in [0.717, 1.165) is 35.1 Å². The van der Waals surface area contributed by atoms with Crippen molar-refractivity contribution in [3.8, 4) is 34.4 Å². The molecule has 1 saturated carbocycles. The fourth-order valence-corrected chi connectivity index (χ4v) is 4.19. The number of aryl methyl sites for hydroxylation is 1. The molecule has 1 aliphatic heterocycles. The molecule has 0 radical (unpaired) electrons. The third-order valence-electron chi connectivity index (χ3n) is 6.22. The van der Waals surface area contributed by atoms with Crippen LogP contribution in [0.1, 0.15) is 29.5 Å². The molecule has 5 rings (SSSR count). The number of nitriles is 1. The Labute approximate surface area is 186 Å². The standard InChI is InChI=1S/C26H22N2O4/c1-16-3-6-19(13-20(16)21-11-17(14-27)4-7-22(21)30-2)28-25(29)26(9-10-26)18-5-8-23-24(12-18)32-15-31-23/h3-8,11-13H,9-10,15H2,1-2H3,(H,28,29). The van der Waals surface area contributed by atoms with Crippen LogP contribution in [-0.4, -0.2) is 19.8 Å². The number of carbonyl (C=O) groups excluding carboxylic acids is 1. The Morgan fingerprint density at radius 3 is 2.59 bits per heavy atom. The van der Waals surface area contributed by atoms with Crippen molar-refractivity contribution in [2.75, 3.05) is 19.2 Å². The summed E-state index contributed by atoms with van der Waals surface area (Å²) >= 11 is 0. The van der Waals surface area contributed by atoms with E-state index < -0.39 is 5.41 Å². The van der Waals surface area contributed by atoms with Crippen LogP contribution in [0.2, 0.25) is 0 Å². The predicted octanol–water partition coefficient (Wildman–Crippen LogP) is 4.94. The van der Waals surface area contributed by atoms with Gasteiger partial charge in [0.1, 0.15) is 5.75 Å². The maximum atomic E-state index is 13.3. The molecule has 1 amide bonds. The smallest absolute Gasteiger partial charge is 0.235 e. The number of anilines is 1. The van der Waals surface area contributed by atoms with E-state index in [1.807, 2.05) is 49.4 Å². The van der Waals surface area contributed by atoms with E-state index >= 15 is 0 Å². The van der Waals surface area contributed by atoms with E-state index in [4.69, 9.17) is 14.2 Å². The Balaban J connectivity index is 1.45. The molecule has 0 atom stereocenters. The maximum Gasteiger partial charge on any atom is 0.235 e. The molecule has 0 spiro atoms. The Morgan fingerprint density at radius 2 is 1.84 bits per heavy atom. The van der Waals surface area contributed by atoms with Crippen LogP contribution in [-0.2, 0) is 10.2 Å². The Morgan fingerprint density at radius 1 is 1.03 bits per heavy atom. The molecule has 160 valence electrons. The van der Waals surface area contributed by atoms with Crippen molar-refractivity contribution in [3.05, 3.63) is 71.3 Å². The SMILES string of the molecule is COc1ccc(C#N)cc1-c1cc(NC(=O)C2(c3ccc4c(c3)OCO4)CC2)ccc1C. The highest BCUT2D eigenvalue weighted by Crippen LogP contribution is 2.51. The van der Waals surface area contributed by atoms with Gasteiger partial charge in [-0.15, -0.1) is 0 Å². The lowest BCUT2D eigenvalue weighted by Gasteiger charge is -2.18. The summed E-state index contributed by atoms with van der Waals surface area (Å²) in [6.45, 7) is 2.20. The van der Waals surface area contributed by atoms with E-state index in [2.05, 4.69) is 11.4 Å². The zero-order chi connectivity index (χ0) is 22.3. The number of benzene rings is 3. The van der Waals surface area contributed by atoms with Gasteiger partial charge in [0.15, 0.2) is 11.5 Å². The highest BCUT2D eigenvalue weighted by molar-refractivity contribution is 6.02. The molecule has 3 aromatic carbocycles. The second kappa shape index (κ2) is 7.61. The summed E-state index contributed by atoms with van der Waals surface area (Å²) in [6.07, 6.45) is 1.57. The summed E-state index contributed by atoms with van der Waals surface area (Å²) < 4.78 is 16.4. The molecule has 3 aromatic rings. The number of hydrogen-bond acceptors (Lipinski definition) is 5. The third-order valence-corrected chi connectivity index (χ3v) is 6.22. The van der Waals surface area contributed by atoms with Gasteiger partial charge < -0.3 is 19.5 Å². The molecule has 6 nitrogen and oxygen atoms in total. The van der Waals surface area contributed by atoms with Gasteiger partial charge in [-0.2, -0.15) is 5.26 Å². The summed E-state index contributed by atoms with van der Waals surface area (Å²) in [7, 11) is 1.61. The molecular formula is C26H22N2O4. The first-order valence-corrected chi connectivity index (χ1v) is 10.4. The maximum absolute atomic E-state index is 13.3. The average molecular weight is 426 g/mol. The molecule has 2 aliphatic rings. The minimum atomic E-state index is -0.551. The van der Waals surface area contributed by atoms with Crippen molar-refractivity contribution in [2.24, 2.45) is 0 Å². The zero-order valence-electron chi connectivity index (χ0n) is 17.9. The number of methoxy groups -OCH3 is 1. The molecule has 1 aliphatic carbocycles. The second-order valence-electron chi connectivity index (χ2n) is 8.16. The van der Waals surface area contributed by atoms with E-state index in [1.165, 1.54) is 0 Å². The molecule has 1 heterocycles. The van der Waals surface area contributed by atoms with E-state index in [1.54, 1.807) is 19.2 Å². The summed E-state index contributed by atoms with van der Waals surface area (Å²) in [5.41, 5.74) is 4.39. The minimum Gasteiger partial charge on any atom is -0.496 e. The van der Waals surface area contributed by atoms with Crippen molar-refractivity contribution < 1.29 is 19.0 Å². The van der Waals surface area contributed by atoms with Crippen LogP contribution in [0.4, 0.5) is 5.69 Å². The number of ether oxygens (including phenoxy) is 3. The van der Waals surface area contributed by atoms with Gasteiger partial charge in [-0.25, -0.2) is 0 Å². The summed E-state index contributed by atoms with van der Waals surface area (Å²) in [4.78, 5) is 13.3. The highest BCUT2D eigenvalue weighted by Gasteiger charge is 2.51. The minimum absolute atomic E-state index is 0.0380. The molecule has 1 fully saturated rings. The predicted molar refractivity (Wildman–Crippen MR) is 120 cm³/mol. The van der Waals surface area contributed by atoms with Crippen LogP contribution in [0.25, 0.3) is 11.1 Å². The second-order valence-corrected chi connectivity index (χ2v) is 8.16. The van der Waals surface area contributed by atoms with E-state index in [9.17, 15) is 10.1 Å². The first kappa shape index (κ1) is 20.0. The first-order valence-electron chi connectivity index (χ1n) is 10.4. The van der Waals surface area contributed by atoms with Crippen LogP contribution >= 0.6 is 0 Å². The molecule has 32 heavy (non-hydrogen) atoms. The number of amides is 1. The quantitative estimate of drug-likeness (QED) is 0.625. The van der Waals surface area contributed by atoms with Gasteiger partial charge in [0.25, 0.3) is 0 Å². The number of fused-ring (bicyclic) bond motifs is 1. The van der Waals surface area contributed by atoms with Crippen molar-refractivity contribution in [2.45, 2.75) is 25.2 Å². The van der Waals surface area contributed by atoms with Crippen molar-refractivity contribution in [1.82, 2.24) is 0 Å². The van der Waals surface area contributed by atoms with Gasteiger partial charge in [-0.3, -0.25) is 4.79 Å². The lowest BCUT2D eigenvalue weighted by Crippen LogP contribution is -2.27. The molecule has 0 saturated heterocycles. The summed E-state index contributed by atoms with van der Waals surface area (Å²) in [6, 6.07) is 19.0. The molecule has 1 N–H and O–H groups in total. The molecule has 0 bridgehead atoms. The number of rotatable bonds is 5. The zero-order valence-corrected chi connectivity index (χ0v) is 17.9. The van der Waals surface area contributed by atoms with Crippen molar-refractivity contribution >= 4 is 11.6 Å². The van der Waals surface area contributed by atoms with Crippen LogP contribution < -0.4 is 19.5 Å². The Bertz CT molecular complexity index is 1270. The topological polar surface area (TPSA) is 80.6 Å². The highest BCUT2D eigenvalue weighted by atomic mass is 16.7. The first-order chi connectivity index (χ1) is 15.5. The van der Waals surface area contributed by atoms with Crippen molar-refractivity contribution in [1.29, 1.82) is 5.26 Å². The molecular weight excluding hydrogens is 404 g/mol. The summed E-state index contributed by atoms with van der Waals surface area (Å²) in [5, 5.41) is 12.4. The van der Waals surface area contributed by atoms with Crippen LogP contribution in [0.3, 0.4) is 0 Å². The Hall–Kier alpha value is -3.98. The van der Waals surface area contributed by atoms with Crippen LogP contribution in [0, 0.1) is 18.3 Å². The van der Waals surface area contributed by atoms with Gasteiger partial charge in [0.2, 0.25) is 12.7 Å². The lowest BCUT2D eigenvalue weighted by molar-refractivity contribution is -0.118. The van der Waals surface area contributed by atoms with Gasteiger partial charge in [0, 0.05) is 11.3 Å². The molecule has 0 aromatic heterocycles. The normalized spacial score (nSPS) is 15.0. The van der Waals surface area contributed by atoms with E-state index in [0.29, 0.717) is 28.5 Å². The van der Waals surface area contributed by atoms with Gasteiger partial charge in [0.05, 0.1) is 24.2 Å². The fraction of sp³-hybridized carbons (Fsp3) is 0.231. The Kier molecular flexibility index (Phi) is 4.75. The fourth-order valence-electron chi connectivity index (χ4n) is 4.19. The van der Waals surface area contributed by atoms with E-state index in [-0.39, 0.29) is 12.7 Å². The van der Waals surface area contributed by atoms with Gasteiger partial charge in [-0.1, -0.05) is 12.1 Å². The lowest BCUT2D eigenvalue weighted by atomic mass is 9.94. The monoisotopic (exact) mass is 426 g/mol. The molecule has 0 unspecified atom stereocenters. The third kappa shape index (κ3) is 3.32. The number of nitrogens with one attached hydrogen (secondary N) is 1. The molecule has 6 heteroatoms. The number of carbonyl (C=O) groups is 1. The summed E-state index contributed by atoms with van der Waals surface area (Å²) in [5.74, 6) is 2.03. The van der Waals surface area contributed by atoms with Gasteiger partial charge in [-0.05, 0) is 78.9 Å². The van der Waals surface area contributed by atoms with Gasteiger partial charge >= 0.3 is 0 Å². The number of nitrogens with zero attached hydrogens (tertiary/aromatic N) is 1.